The van der Waals surface area contributed by atoms with Crippen LogP contribution in [0.4, 0.5) is 4.39 Å². The second kappa shape index (κ2) is 6.89. The number of benzene rings is 1. The predicted molar refractivity (Wildman–Crippen MR) is 86.9 cm³/mol. The van der Waals surface area contributed by atoms with Gasteiger partial charge in [0.2, 0.25) is 0 Å². The van der Waals surface area contributed by atoms with Gasteiger partial charge in [0.15, 0.2) is 0 Å². The topological polar surface area (TPSA) is 15.3 Å². The lowest BCUT2D eigenvalue weighted by Crippen LogP contribution is -2.62. The van der Waals surface area contributed by atoms with Gasteiger partial charge >= 0.3 is 0 Å². The van der Waals surface area contributed by atoms with Crippen molar-refractivity contribution in [3.63, 3.8) is 0 Å². The van der Waals surface area contributed by atoms with Crippen LogP contribution < -0.4 is 5.32 Å². The molecule has 1 N–H and O–H groups in total. The maximum Gasteiger partial charge on any atom is 0.123 e. The van der Waals surface area contributed by atoms with Gasteiger partial charge in [-0.2, -0.15) is 0 Å². The van der Waals surface area contributed by atoms with E-state index in [1.807, 2.05) is 6.07 Å². The van der Waals surface area contributed by atoms with Crippen LogP contribution in [0.25, 0.3) is 0 Å². The first-order valence-electron chi connectivity index (χ1n) is 8.21. The zero-order valence-electron chi connectivity index (χ0n) is 13.9. The van der Waals surface area contributed by atoms with Crippen LogP contribution in [-0.2, 0) is 6.54 Å². The minimum atomic E-state index is -0.129. The molecule has 1 aromatic carbocycles. The summed E-state index contributed by atoms with van der Waals surface area (Å²) in [4.78, 5) is 2.55. The summed E-state index contributed by atoms with van der Waals surface area (Å²) in [5.74, 6) is -0.129. The first-order valence-corrected chi connectivity index (χ1v) is 8.21. The molecule has 21 heavy (non-hydrogen) atoms. The van der Waals surface area contributed by atoms with Gasteiger partial charge in [0.1, 0.15) is 5.82 Å². The van der Waals surface area contributed by atoms with Gasteiger partial charge in [-0.3, -0.25) is 4.90 Å². The van der Waals surface area contributed by atoms with Gasteiger partial charge in [-0.25, -0.2) is 4.39 Å². The molecule has 0 aliphatic carbocycles. The van der Waals surface area contributed by atoms with Crippen LogP contribution in [-0.4, -0.2) is 29.6 Å². The van der Waals surface area contributed by atoms with Crippen molar-refractivity contribution in [2.45, 2.75) is 65.1 Å². The predicted octanol–water partition coefficient (Wildman–Crippen LogP) is 3.88. The first kappa shape index (κ1) is 16.4. The highest BCUT2D eigenvalue weighted by Gasteiger charge is 2.34. The Morgan fingerprint density at radius 1 is 1.38 bits per heavy atom. The largest absolute Gasteiger partial charge is 0.309 e. The summed E-state index contributed by atoms with van der Waals surface area (Å²) in [7, 11) is 0. The van der Waals surface area contributed by atoms with E-state index in [-0.39, 0.29) is 11.4 Å². The summed E-state index contributed by atoms with van der Waals surface area (Å²) in [5.41, 5.74) is 2.48. The van der Waals surface area contributed by atoms with Crippen molar-refractivity contribution < 1.29 is 4.39 Å². The quantitative estimate of drug-likeness (QED) is 0.886. The summed E-state index contributed by atoms with van der Waals surface area (Å²) >= 11 is 0. The van der Waals surface area contributed by atoms with Crippen molar-refractivity contribution in [2.75, 3.05) is 13.1 Å². The highest BCUT2D eigenvalue weighted by Crippen LogP contribution is 2.24. The van der Waals surface area contributed by atoms with Crippen molar-refractivity contribution in [3.05, 3.63) is 35.1 Å². The van der Waals surface area contributed by atoms with Crippen LogP contribution >= 0.6 is 0 Å². The minimum absolute atomic E-state index is 0.129. The third kappa shape index (κ3) is 4.04. The molecule has 1 aliphatic heterocycles. The Balaban J connectivity index is 2.17. The van der Waals surface area contributed by atoms with Crippen LogP contribution in [0.1, 0.15) is 51.2 Å². The first-order chi connectivity index (χ1) is 9.97. The van der Waals surface area contributed by atoms with Crippen molar-refractivity contribution in [3.8, 4) is 0 Å². The second-order valence-electron chi connectivity index (χ2n) is 6.71. The molecule has 0 spiro atoms. The molecule has 0 saturated carbocycles. The number of nitrogens with zero attached hydrogens (tertiary/aromatic N) is 1. The molecule has 2 rings (SSSR count). The standard InChI is InChI=1S/C18H29FN2/c1-5-7-17-11-20-18(4,6-2)13-21(17)12-15-10-16(19)9-8-14(15)3/h8-10,17,20H,5-7,11-13H2,1-4H3. The maximum absolute atomic E-state index is 13.5. The maximum atomic E-state index is 13.5. The number of halogens is 1. The van der Waals surface area contributed by atoms with Crippen molar-refractivity contribution in [2.24, 2.45) is 0 Å². The van der Waals surface area contributed by atoms with E-state index in [4.69, 9.17) is 0 Å². The molecule has 2 nitrogen and oxygen atoms in total. The number of aryl methyl sites for hydroxylation is 1. The molecule has 118 valence electrons. The van der Waals surface area contributed by atoms with Crippen LogP contribution in [0.3, 0.4) is 0 Å². The molecule has 0 radical (unpaired) electrons. The minimum Gasteiger partial charge on any atom is -0.309 e. The average molecular weight is 292 g/mol. The Kier molecular flexibility index (Phi) is 5.39. The van der Waals surface area contributed by atoms with E-state index >= 15 is 0 Å². The Morgan fingerprint density at radius 3 is 2.81 bits per heavy atom. The molecule has 1 aliphatic rings. The highest BCUT2D eigenvalue weighted by atomic mass is 19.1. The van der Waals surface area contributed by atoms with Gasteiger partial charge in [-0.1, -0.05) is 26.3 Å². The fourth-order valence-corrected chi connectivity index (χ4v) is 3.20. The van der Waals surface area contributed by atoms with E-state index in [2.05, 4.69) is 37.9 Å². The molecular formula is C18H29FN2. The molecule has 0 bridgehead atoms. The van der Waals surface area contributed by atoms with Crippen LogP contribution in [0.5, 0.6) is 0 Å². The Hall–Kier alpha value is -0.930. The third-order valence-electron chi connectivity index (χ3n) is 4.92. The van der Waals surface area contributed by atoms with Crippen molar-refractivity contribution >= 4 is 0 Å². The lowest BCUT2D eigenvalue weighted by Gasteiger charge is -2.46. The van der Waals surface area contributed by atoms with Crippen LogP contribution in [0.15, 0.2) is 18.2 Å². The molecule has 3 heteroatoms. The zero-order valence-corrected chi connectivity index (χ0v) is 13.9. The normalized spacial score (nSPS) is 27.0. The van der Waals surface area contributed by atoms with Crippen LogP contribution in [0, 0.1) is 12.7 Å². The second-order valence-corrected chi connectivity index (χ2v) is 6.71. The lowest BCUT2D eigenvalue weighted by atomic mass is 9.91. The Labute approximate surface area is 128 Å². The van der Waals surface area contributed by atoms with E-state index in [9.17, 15) is 4.39 Å². The van der Waals surface area contributed by atoms with Gasteiger partial charge in [0.05, 0.1) is 0 Å². The number of hydrogen-bond donors (Lipinski definition) is 1. The average Bonchev–Trinajstić information content (AvgIpc) is 2.46. The van der Waals surface area contributed by atoms with Crippen molar-refractivity contribution in [1.82, 2.24) is 10.2 Å². The van der Waals surface area contributed by atoms with E-state index in [0.717, 1.165) is 31.6 Å². The number of hydrogen-bond acceptors (Lipinski definition) is 2. The highest BCUT2D eigenvalue weighted by molar-refractivity contribution is 5.26. The Morgan fingerprint density at radius 2 is 2.14 bits per heavy atom. The van der Waals surface area contributed by atoms with E-state index < -0.39 is 0 Å². The summed E-state index contributed by atoms with van der Waals surface area (Å²) in [6, 6.07) is 5.69. The Bertz CT molecular complexity index is 474. The molecule has 0 amide bonds. The molecule has 1 fully saturated rings. The van der Waals surface area contributed by atoms with E-state index in [1.165, 1.54) is 18.4 Å². The molecule has 1 heterocycles. The summed E-state index contributed by atoms with van der Waals surface area (Å²) < 4.78 is 13.5. The summed E-state index contributed by atoms with van der Waals surface area (Å²) in [5, 5.41) is 3.71. The monoisotopic (exact) mass is 292 g/mol. The van der Waals surface area contributed by atoms with Crippen LogP contribution in [0.2, 0.25) is 0 Å². The van der Waals surface area contributed by atoms with Crippen molar-refractivity contribution in [1.29, 1.82) is 0 Å². The fraction of sp³-hybridized carbons (Fsp3) is 0.667. The lowest BCUT2D eigenvalue weighted by molar-refractivity contribution is 0.0723. The zero-order chi connectivity index (χ0) is 15.5. The fourth-order valence-electron chi connectivity index (χ4n) is 3.20. The van der Waals surface area contributed by atoms with E-state index in [0.29, 0.717) is 6.04 Å². The molecule has 1 saturated heterocycles. The molecular weight excluding hydrogens is 263 g/mol. The SMILES string of the molecule is CCCC1CNC(C)(CC)CN1Cc1cc(F)ccc1C. The van der Waals surface area contributed by atoms with Gasteiger partial charge in [0, 0.05) is 31.2 Å². The van der Waals surface area contributed by atoms with Gasteiger partial charge in [0.25, 0.3) is 0 Å². The van der Waals surface area contributed by atoms with Gasteiger partial charge < -0.3 is 5.32 Å². The summed E-state index contributed by atoms with van der Waals surface area (Å²) in [6.45, 7) is 11.8. The summed E-state index contributed by atoms with van der Waals surface area (Å²) in [6.07, 6.45) is 3.50. The van der Waals surface area contributed by atoms with E-state index in [1.54, 1.807) is 12.1 Å². The van der Waals surface area contributed by atoms with Gasteiger partial charge in [-0.15, -0.1) is 0 Å². The molecule has 2 unspecified atom stereocenters. The van der Waals surface area contributed by atoms with Gasteiger partial charge in [-0.05, 0) is 49.9 Å². The molecule has 1 aromatic rings. The number of rotatable bonds is 5. The molecule has 2 atom stereocenters. The number of piperazine rings is 1. The smallest absolute Gasteiger partial charge is 0.123 e. The molecule has 0 aromatic heterocycles. The third-order valence-corrected chi connectivity index (χ3v) is 4.92. The number of nitrogens with one attached hydrogen (secondary N) is 1.